The number of benzene rings is 2. The molecule has 0 amide bonds. The van der Waals surface area contributed by atoms with E-state index < -0.39 is 22.1 Å². The number of imidazole rings is 1. The molecule has 0 aliphatic heterocycles. The number of aryl methyl sites for hydroxylation is 1. The summed E-state index contributed by atoms with van der Waals surface area (Å²) in [4.78, 5) is 25.4. The molecule has 0 bridgehead atoms. The zero-order chi connectivity index (χ0) is 24.1. The first-order chi connectivity index (χ1) is 15.1. The molecule has 3 rings (SSSR count). The van der Waals surface area contributed by atoms with Gasteiger partial charge in [0, 0.05) is 12.7 Å². The van der Waals surface area contributed by atoms with Crippen molar-refractivity contribution in [1.82, 2.24) is 9.55 Å². The van der Waals surface area contributed by atoms with E-state index in [4.69, 9.17) is 14.8 Å². The SMILES string of the molecule is COC(=O)c1cccc(C(=O)O)c1.Cc1cn(CCO)cn1.O=S(=O)(O)c1ccccc1. The zero-order valence-corrected chi connectivity index (χ0v) is 18.3. The van der Waals surface area contributed by atoms with Gasteiger partial charge in [0.15, 0.2) is 0 Å². The minimum atomic E-state index is -4.00. The largest absolute Gasteiger partial charge is 0.478 e. The van der Waals surface area contributed by atoms with Crippen LogP contribution in [-0.4, -0.2) is 58.4 Å². The van der Waals surface area contributed by atoms with Crippen LogP contribution in [-0.2, 0) is 21.4 Å². The third-order valence-electron chi connectivity index (χ3n) is 3.69. The van der Waals surface area contributed by atoms with Crippen molar-refractivity contribution in [2.24, 2.45) is 0 Å². The van der Waals surface area contributed by atoms with Gasteiger partial charge in [-0.2, -0.15) is 8.42 Å². The molecule has 3 aromatic rings. The Kier molecular flexibility index (Phi) is 10.8. The van der Waals surface area contributed by atoms with Gasteiger partial charge >= 0.3 is 11.9 Å². The van der Waals surface area contributed by atoms with Gasteiger partial charge in [0.05, 0.1) is 41.8 Å². The number of aliphatic hydroxyl groups is 1. The highest BCUT2D eigenvalue weighted by Crippen LogP contribution is 2.06. The van der Waals surface area contributed by atoms with E-state index in [2.05, 4.69) is 9.72 Å². The molecule has 0 fully saturated rings. The topological polar surface area (TPSA) is 156 Å². The number of esters is 1. The summed E-state index contributed by atoms with van der Waals surface area (Å²) in [7, 11) is -2.76. The van der Waals surface area contributed by atoms with Gasteiger partial charge in [-0.1, -0.05) is 24.3 Å². The maximum absolute atomic E-state index is 11.0. The van der Waals surface area contributed by atoms with Gasteiger partial charge in [-0.25, -0.2) is 14.6 Å². The standard InChI is InChI=1S/C9H8O4.C6H10N2O.C6H6O3S/c1-13-9(12)7-4-2-3-6(5-7)8(10)11;1-6-4-8(2-3-9)5-7-6;7-10(8,9)6-4-2-1-3-5-6/h2-5H,1H3,(H,10,11);4-5,9H,2-3H2,1H3;1-5H,(H,7,8,9). The number of carboxylic acids is 1. The monoisotopic (exact) mass is 464 g/mol. The predicted molar refractivity (Wildman–Crippen MR) is 115 cm³/mol. The van der Waals surface area contributed by atoms with E-state index in [1.165, 1.54) is 43.5 Å². The lowest BCUT2D eigenvalue weighted by molar-refractivity contribution is 0.0600. The number of carbonyl (C=O) groups excluding carboxylic acids is 1. The molecule has 0 spiro atoms. The lowest BCUT2D eigenvalue weighted by atomic mass is 10.1. The molecule has 172 valence electrons. The van der Waals surface area contributed by atoms with E-state index in [0.29, 0.717) is 6.54 Å². The number of ether oxygens (including phenoxy) is 1. The first kappa shape index (κ1) is 26.5. The Labute approximate surface area is 185 Å². The van der Waals surface area contributed by atoms with Crippen LogP contribution in [0.2, 0.25) is 0 Å². The molecule has 1 heterocycles. The molecular formula is C21H24N2O8S. The molecule has 3 N–H and O–H groups in total. The molecule has 1 aromatic heterocycles. The van der Waals surface area contributed by atoms with E-state index in [0.717, 1.165) is 5.69 Å². The average Bonchev–Trinajstić information content (AvgIpc) is 3.19. The highest BCUT2D eigenvalue weighted by atomic mass is 32.2. The number of aliphatic hydroxyl groups excluding tert-OH is 1. The van der Waals surface area contributed by atoms with Crippen LogP contribution in [0.4, 0.5) is 0 Å². The lowest BCUT2D eigenvalue weighted by Crippen LogP contribution is -2.03. The molecule has 0 unspecified atom stereocenters. The Balaban J connectivity index is 0.000000245. The fourth-order valence-electron chi connectivity index (χ4n) is 2.20. The van der Waals surface area contributed by atoms with Crippen molar-refractivity contribution in [1.29, 1.82) is 0 Å². The fraction of sp³-hybridized carbons (Fsp3) is 0.190. The Hall–Kier alpha value is -3.54. The second-order valence-corrected chi connectivity index (χ2v) is 7.56. The number of hydrogen-bond donors (Lipinski definition) is 3. The van der Waals surface area contributed by atoms with Gasteiger partial charge in [-0.3, -0.25) is 4.55 Å². The third kappa shape index (κ3) is 9.51. The number of nitrogens with zero attached hydrogens (tertiary/aromatic N) is 2. The predicted octanol–water partition coefficient (Wildman–Crippen LogP) is 2.29. The van der Waals surface area contributed by atoms with Crippen LogP contribution in [0, 0.1) is 6.92 Å². The summed E-state index contributed by atoms with van der Waals surface area (Å²) in [5.41, 5.74) is 1.30. The summed E-state index contributed by atoms with van der Waals surface area (Å²) >= 11 is 0. The zero-order valence-electron chi connectivity index (χ0n) is 17.5. The summed E-state index contributed by atoms with van der Waals surface area (Å²) in [5.74, 6) is -1.60. The third-order valence-corrected chi connectivity index (χ3v) is 4.56. The second kappa shape index (κ2) is 13.0. The molecule has 0 saturated carbocycles. The summed E-state index contributed by atoms with van der Waals surface area (Å²) in [6.45, 7) is 2.74. The van der Waals surface area contributed by atoms with Gasteiger partial charge in [-0.15, -0.1) is 0 Å². The molecule has 0 aliphatic carbocycles. The Morgan fingerprint density at radius 1 is 1.06 bits per heavy atom. The van der Waals surface area contributed by atoms with E-state index in [9.17, 15) is 18.0 Å². The van der Waals surface area contributed by atoms with Crippen LogP contribution in [0.1, 0.15) is 26.4 Å². The first-order valence-corrected chi connectivity index (χ1v) is 10.6. The van der Waals surface area contributed by atoms with E-state index in [-0.39, 0.29) is 22.6 Å². The second-order valence-electron chi connectivity index (χ2n) is 6.14. The van der Waals surface area contributed by atoms with Gasteiger partial charge in [0.2, 0.25) is 0 Å². The molecule has 11 heteroatoms. The summed E-state index contributed by atoms with van der Waals surface area (Å²) in [6, 6.07) is 13.1. The fourth-order valence-corrected chi connectivity index (χ4v) is 2.70. The summed E-state index contributed by atoms with van der Waals surface area (Å²) in [6.07, 6.45) is 3.61. The van der Waals surface area contributed by atoms with Crippen LogP contribution < -0.4 is 0 Å². The minimum Gasteiger partial charge on any atom is -0.478 e. The van der Waals surface area contributed by atoms with Gasteiger partial charge in [0.1, 0.15) is 0 Å². The normalized spacial score (nSPS) is 10.1. The van der Waals surface area contributed by atoms with Crippen molar-refractivity contribution in [2.75, 3.05) is 13.7 Å². The van der Waals surface area contributed by atoms with Crippen molar-refractivity contribution in [3.63, 3.8) is 0 Å². The first-order valence-electron chi connectivity index (χ1n) is 9.12. The lowest BCUT2D eigenvalue weighted by Gasteiger charge is -1.99. The number of methoxy groups -OCH3 is 1. The van der Waals surface area contributed by atoms with E-state index in [1.54, 1.807) is 24.5 Å². The van der Waals surface area contributed by atoms with Gasteiger partial charge in [-0.05, 0) is 37.3 Å². The molecule has 32 heavy (non-hydrogen) atoms. The number of hydrogen-bond acceptors (Lipinski definition) is 7. The van der Waals surface area contributed by atoms with Crippen molar-refractivity contribution < 1.29 is 37.5 Å². The molecule has 10 nitrogen and oxygen atoms in total. The highest BCUT2D eigenvalue weighted by molar-refractivity contribution is 7.85. The minimum absolute atomic E-state index is 0.0721. The quantitative estimate of drug-likeness (QED) is 0.381. The number of aromatic carboxylic acids is 1. The summed E-state index contributed by atoms with van der Waals surface area (Å²) < 4.78 is 35.5. The molecule has 0 saturated heterocycles. The van der Waals surface area contributed by atoms with Crippen LogP contribution in [0.3, 0.4) is 0 Å². The molecule has 0 radical (unpaired) electrons. The van der Waals surface area contributed by atoms with E-state index >= 15 is 0 Å². The van der Waals surface area contributed by atoms with Crippen molar-refractivity contribution in [3.05, 3.63) is 83.9 Å². The summed E-state index contributed by atoms with van der Waals surface area (Å²) in [5, 5.41) is 17.1. The number of rotatable bonds is 5. The average molecular weight is 464 g/mol. The smallest absolute Gasteiger partial charge is 0.337 e. The van der Waals surface area contributed by atoms with Crippen molar-refractivity contribution >= 4 is 22.1 Å². The van der Waals surface area contributed by atoms with E-state index in [1.807, 2.05) is 17.7 Å². The van der Waals surface area contributed by atoms with Crippen molar-refractivity contribution in [2.45, 2.75) is 18.4 Å². The highest BCUT2D eigenvalue weighted by Gasteiger charge is 2.08. The Bertz CT molecular complexity index is 1110. The van der Waals surface area contributed by atoms with Crippen LogP contribution >= 0.6 is 0 Å². The molecule has 2 aromatic carbocycles. The van der Waals surface area contributed by atoms with Crippen LogP contribution in [0.25, 0.3) is 0 Å². The maximum Gasteiger partial charge on any atom is 0.337 e. The number of carbonyl (C=O) groups is 2. The van der Waals surface area contributed by atoms with Gasteiger partial charge in [0.25, 0.3) is 10.1 Å². The Morgan fingerprint density at radius 2 is 1.69 bits per heavy atom. The van der Waals surface area contributed by atoms with Crippen molar-refractivity contribution in [3.8, 4) is 0 Å². The molecule has 0 atom stereocenters. The van der Waals surface area contributed by atoms with Gasteiger partial charge < -0.3 is 19.5 Å². The number of carboxylic acid groups (broad SMARTS) is 1. The molecular weight excluding hydrogens is 440 g/mol. The molecule has 0 aliphatic rings. The van der Waals surface area contributed by atoms with Crippen LogP contribution in [0.15, 0.2) is 72.0 Å². The Morgan fingerprint density at radius 3 is 2.12 bits per heavy atom. The number of aromatic nitrogens is 2. The van der Waals surface area contributed by atoms with Crippen LogP contribution in [0.5, 0.6) is 0 Å². The maximum atomic E-state index is 11.0.